The van der Waals surface area contributed by atoms with E-state index in [0.717, 1.165) is 6.26 Å². The lowest BCUT2D eigenvalue weighted by Gasteiger charge is -2.40. The van der Waals surface area contributed by atoms with Gasteiger partial charge in [-0.25, -0.2) is 22.5 Å². The minimum atomic E-state index is -3.73. The lowest BCUT2D eigenvalue weighted by molar-refractivity contribution is -0.130. The molecule has 2 amide bonds. The van der Waals surface area contributed by atoms with E-state index in [-0.39, 0.29) is 23.5 Å². The first-order valence-corrected chi connectivity index (χ1v) is 13.3. The first-order valence-electron chi connectivity index (χ1n) is 11.4. The van der Waals surface area contributed by atoms with Gasteiger partial charge in [-0.1, -0.05) is 18.7 Å². The molecular formula is C25H31FN4O5S. The standard InChI is InChI=1S/C25H31FN4O5S/c1-6-23(31)30-10-9-29(14-18(30)4)15-22(19-8-7-16(2)21(26)12-19)35-20-11-17(3)24(27-13-20)25(32)28-36(5,33)34/h6-8,11-13,18,22H,1,9-10,14-15H2,2-5H3,(H,28,32)/t18-,22-/m1/s1. The topological polar surface area (TPSA) is 109 Å². The highest BCUT2D eigenvalue weighted by molar-refractivity contribution is 7.89. The normalized spacial score (nSPS) is 17.4. The van der Waals surface area contributed by atoms with Crippen molar-refractivity contribution in [1.82, 2.24) is 19.5 Å². The summed E-state index contributed by atoms with van der Waals surface area (Å²) in [6.07, 6.45) is 2.97. The summed E-state index contributed by atoms with van der Waals surface area (Å²) in [7, 11) is -3.73. The molecule has 1 aromatic carbocycles. The number of nitrogens with zero attached hydrogens (tertiary/aromatic N) is 3. The number of nitrogens with one attached hydrogen (secondary N) is 1. The number of benzene rings is 1. The molecule has 0 spiro atoms. The summed E-state index contributed by atoms with van der Waals surface area (Å²) in [4.78, 5) is 32.3. The monoisotopic (exact) mass is 518 g/mol. The van der Waals surface area contributed by atoms with Crippen LogP contribution in [0.25, 0.3) is 0 Å². The van der Waals surface area contributed by atoms with Crippen molar-refractivity contribution in [2.45, 2.75) is 32.9 Å². The molecule has 2 aromatic rings. The summed E-state index contributed by atoms with van der Waals surface area (Å²) in [6, 6.07) is 6.49. The first-order chi connectivity index (χ1) is 16.9. The Bertz CT molecular complexity index is 1270. The third-order valence-corrected chi connectivity index (χ3v) is 6.54. The summed E-state index contributed by atoms with van der Waals surface area (Å²) in [5.74, 6) is -0.947. The molecule has 0 unspecified atom stereocenters. The Hall–Kier alpha value is -3.31. The van der Waals surface area contributed by atoms with Crippen molar-refractivity contribution in [2.24, 2.45) is 0 Å². The SMILES string of the molecule is C=CC(=O)N1CCN(C[C@@H](Oc2cnc(C(=O)NS(C)(=O)=O)c(C)c2)c2ccc(C)c(F)c2)C[C@H]1C. The lowest BCUT2D eigenvalue weighted by Crippen LogP contribution is -2.54. The van der Waals surface area contributed by atoms with Crippen LogP contribution in [0.15, 0.2) is 43.1 Å². The van der Waals surface area contributed by atoms with Crippen molar-refractivity contribution < 1.29 is 27.1 Å². The average molecular weight is 519 g/mol. The third-order valence-electron chi connectivity index (χ3n) is 5.99. The lowest BCUT2D eigenvalue weighted by atomic mass is 10.0. The molecule has 1 aromatic heterocycles. The van der Waals surface area contributed by atoms with Crippen molar-refractivity contribution in [3.63, 3.8) is 0 Å². The van der Waals surface area contributed by atoms with E-state index < -0.39 is 22.0 Å². The number of aryl methyl sites for hydroxylation is 2. The number of rotatable bonds is 8. The van der Waals surface area contributed by atoms with Crippen LogP contribution in [0.3, 0.4) is 0 Å². The number of piperazine rings is 1. The molecule has 9 nitrogen and oxygen atoms in total. The van der Waals surface area contributed by atoms with Gasteiger partial charge in [0.1, 0.15) is 23.4 Å². The van der Waals surface area contributed by atoms with Crippen LogP contribution in [0.1, 0.15) is 40.2 Å². The van der Waals surface area contributed by atoms with Gasteiger partial charge in [0, 0.05) is 32.2 Å². The van der Waals surface area contributed by atoms with Crippen molar-refractivity contribution >= 4 is 21.8 Å². The number of aromatic nitrogens is 1. The number of ether oxygens (including phenoxy) is 1. The Kier molecular flexibility index (Phi) is 8.47. The minimum Gasteiger partial charge on any atom is -0.483 e. The highest BCUT2D eigenvalue weighted by Crippen LogP contribution is 2.26. The number of hydrogen-bond donors (Lipinski definition) is 1. The fraction of sp³-hybridized carbons (Fsp3) is 0.400. The average Bonchev–Trinajstić information content (AvgIpc) is 2.79. The van der Waals surface area contributed by atoms with Crippen LogP contribution in [0, 0.1) is 19.7 Å². The fourth-order valence-corrected chi connectivity index (χ4v) is 4.56. The summed E-state index contributed by atoms with van der Waals surface area (Å²) in [5.41, 5.74) is 1.53. The molecule has 2 atom stereocenters. The molecule has 0 bridgehead atoms. The maximum absolute atomic E-state index is 14.4. The predicted molar refractivity (Wildman–Crippen MR) is 134 cm³/mol. The van der Waals surface area contributed by atoms with Gasteiger partial charge in [-0.2, -0.15) is 0 Å². The van der Waals surface area contributed by atoms with Crippen LogP contribution in [0.2, 0.25) is 0 Å². The Morgan fingerprint density at radius 1 is 1.28 bits per heavy atom. The molecule has 1 N–H and O–H groups in total. The first kappa shape index (κ1) is 27.3. The van der Waals surface area contributed by atoms with E-state index in [4.69, 9.17) is 4.74 Å². The number of amides is 2. The zero-order chi connectivity index (χ0) is 26.6. The quantitative estimate of drug-likeness (QED) is 0.535. The molecule has 0 saturated carbocycles. The predicted octanol–water partition coefficient (Wildman–Crippen LogP) is 2.37. The number of pyridine rings is 1. The molecular weight excluding hydrogens is 487 g/mol. The van der Waals surface area contributed by atoms with Gasteiger partial charge in [-0.15, -0.1) is 0 Å². The van der Waals surface area contributed by atoms with E-state index in [9.17, 15) is 22.4 Å². The molecule has 2 heterocycles. The van der Waals surface area contributed by atoms with E-state index in [1.165, 1.54) is 18.3 Å². The Balaban J connectivity index is 1.83. The fourth-order valence-electron chi connectivity index (χ4n) is 4.13. The molecule has 3 rings (SSSR count). The van der Waals surface area contributed by atoms with E-state index in [1.54, 1.807) is 36.9 Å². The van der Waals surface area contributed by atoms with Crippen molar-refractivity contribution in [2.75, 3.05) is 32.4 Å². The number of halogens is 1. The highest BCUT2D eigenvalue weighted by atomic mass is 32.2. The summed E-state index contributed by atoms with van der Waals surface area (Å²) >= 11 is 0. The van der Waals surface area contributed by atoms with Gasteiger partial charge in [0.25, 0.3) is 5.91 Å². The van der Waals surface area contributed by atoms with Gasteiger partial charge in [0.15, 0.2) is 0 Å². The second-order valence-corrected chi connectivity index (χ2v) is 10.7. The van der Waals surface area contributed by atoms with Crippen LogP contribution in [0.4, 0.5) is 4.39 Å². The molecule has 0 aliphatic carbocycles. The van der Waals surface area contributed by atoms with Gasteiger partial charge < -0.3 is 9.64 Å². The smallest absolute Gasteiger partial charge is 0.283 e. The van der Waals surface area contributed by atoms with Crippen molar-refractivity contribution in [3.8, 4) is 5.75 Å². The number of carbonyl (C=O) groups excluding carboxylic acids is 2. The molecule has 1 saturated heterocycles. The van der Waals surface area contributed by atoms with Gasteiger partial charge >= 0.3 is 0 Å². The van der Waals surface area contributed by atoms with Crippen LogP contribution >= 0.6 is 0 Å². The van der Waals surface area contributed by atoms with Crippen molar-refractivity contribution in [1.29, 1.82) is 0 Å². The molecule has 1 aliphatic rings. The Morgan fingerprint density at radius 2 is 2.00 bits per heavy atom. The van der Waals surface area contributed by atoms with E-state index in [2.05, 4.69) is 16.5 Å². The van der Waals surface area contributed by atoms with Crippen LogP contribution in [-0.2, 0) is 14.8 Å². The number of carbonyl (C=O) groups is 2. The van der Waals surface area contributed by atoms with Crippen molar-refractivity contribution in [3.05, 3.63) is 71.3 Å². The Labute approximate surface area is 211 Å². The van der Waals surface area contributed by atoms with Gasteiger partial charge in [-0.3, -0.25) is 14.5 Å². The molecule has 194 valence electrons. The molecule has 0 radical (unpaired) electrons. The minimum absolute atomic E-state index is 0.0313. The Morgan fingerprint density at radius 3 is 2.58 bits per heavy atom. The molecule has 36 heavy (non-hydrogen) atoms. The molecule has 11 heteroatoms. The number of sulfonamides is 1. The molecule has 1 aliphatic heterocycles. The van der Waals surface area contributed by atoms with Crippen LogP contribution in [0.5, 0.6) is 5.75 Å². The van der Waals surface area contributed by atoms with E-state index in [0.29, 0.717) is 48.6 Å². The van der Waals surface area contributed by atoms with Crippen LogP contribution < -0.4 is 9.46 Å². The largest absolute Gasteiger partial charge is 0.483 e. The van der Waals surface area contributed by atoms with Gasteiger partial charge in [0.05, 0.1) is 12.5 Å². The maximum atomic E-state index is 14.4. The second kappa shape index (κ2) is 11.2. The second-order valence-electron chi connectivity index (χ2n) is 9.00. The maximum Gasteiger partial charge on any atom is 0.283 e. The zero-order valence-electron chi connectivity index (χ0n) is 20.8. The van der Waals surface area contributed by atoms with Gasteiger partial charge in [0.2, 0.25) is 15.9 Å². The van der Waals surface area contributed by atoms with E-state index >= 15 is 0 Å². The van der Waals surface area contributed by atoms with E-state index in [1.807, 2.05) is 11.6 Å². The summed E-state index contributed by atoms with van der Waals surface area (Å²) < 4.78 is 45.3. The van der Waals surface area contributed by atoms with Gasteiger partial charge in [-0.05, 0) is 55.7 Å². The number of hydrogen-bond acceptors (Lipinski definition) is 7. The highest BCUT2D eigenvalue weighted by Gasteiger charge is 2.29. The summed E-state index contributed by atoms with van der Waals surface area (Å²) in [6.45, 7) is 11.0. The summed E-state index contributed by atoms with van der Waals surface area (Å²) in [5, 5.41) is 0. The zero-order valence-corrected chi connectivity index (χ0v) is 21.6. The third kappa shape index (κ3) is 6.88. The molecule has 1 fully saturated rings. The van der Waals surface area contributed by atoms with Crippen LogP contribution in [-0.4, -0.2) is 73.5 Å².